The Morgan fingerprint density at radius 3 is 2.50 bits per heavy atom. The molecule has 0 aliphatic rings. The van der Waals surface area contributed by atoms with Gasteiger partial charge in [0.2, 0.25) is 5.91 Å². The summed E-state index contributed by atoms with van der Waals surface area (Å²) in [6.45, 7) is 3.67. The van der Waals surface area contributed by atoms with E-state index in [0.29, 0.717) is 18.6 Å². The van der Waals surface area contributed by atoms with Crippen LogP contribution >= 0.6 is 0 Å². The molecule has 0 saturated carbocycles. The van der Waals surface area contributed by atoms with E-state index in [1.165, 1.54) is 19.1 Å². The van der Waals surface area contributed by atoms with Crippen molar-refractivity contribution in [2.45, 2.75) is 26.7 Å². The molecular weight excluding hydrogens is 370 g/mol. The minimum absolute atomic E-state index is 0.0420. The number of aliphatic hydroxyl groups excluding tert-OH is 1. The van der Waals surface area contributed by atoms with Gasteiger partial charge in [0.25, 0.3) is 0 Å². The van der Waals surface area contributed by atoms with Crippen LogP contribution in [0.1, 0.15) is 25.8 Å². The highest BCUT2D eigenvalue weighted by atomic mass is 16.7. The summed E-state index contributed by atoms with van der Waals surface area (Å²) in [5.74, 6) is -0.949. The fraction of sp³-hybridized carbons (Fsp3) is 0.579. The molecule has 0 aliphatic heterocycles. The number of carbonyl (C=O) groups excluding carboxylic acids is 2. The molecule has 0 fully saturated rings. The normalized spacial score (nSPS) is 12.8. The highest BCUT2D eigenvalue weighted by molar-refractivity contribution is 5.82. The van der Waals surface area contributed by atoms with E-state index in [1.807, 2.05) is 6.92 Å². The minimum atomic E-state index is -1.32. The van der Waals surface area contributed by atoms with Crippen LogP contribution in [0.2, 0.25) is 0 Å². The van der Waals surface area contributed by atoms with Crippen molar-refractivity contribution in [1.82, 2.24) is 5.32 Å². The Balaban J connectivity index is 2.38. The van der Waals surface area contributed by atoms with Crippen LogP contribution in [0.25, 0.3) is 0 Å². The third-order valence-electron chi connectivity index (χ3n) is 3.94. The van der Waals surface area contributed by atoms with E-state index in [1.54, 1.807) is 6.07 Å². The topological polar surface area (TPSA) is 135 Å². The molecule has 0 aliphatic carbocycles. The van der Waals surface area contributed by atoms with E-state index in [2.05, 4.69) is 5.32 Å². The third-order valence-corrected chi connectivity index (χ3v) is 3.94. The van der Waals surface area contributed by atoms with E-state index in [-0.39, 0.29) is 37.9 Å². The van der Waals surface area contributed by atoms with Crippen molar-refractivity contribution in [3.8, 4) is 11.5 Å². The van der Waals surface area contributed by atoms with Gasteiger partial charge >= 0.3 is 6.16 Å². The lowest BCUT2D eigenvalue weighted by Gasteiger charge is -2.25. The highest BCUT2D eigenvalue weighted by Gasteiger charge is 2.34. The molecule has 0 radical (unpaired) electrons. The molecule has 0 saturated heterocycles. The smallest absolute Gasteiger partial charge is 0.504 e. The number of rotatable bonds is 12. The van der Waals surface area contributed by atoms with Gasteiger partial charge in [0.15, 0.2) is 11.5 Å². The van der Waals surface area contributed by atoms with Gasteiger partial charge in [-0.25, -0.2) is 4.79 Å². The molecule has 1 rings (SSSR count). The monoisotopic (exact) mass is 399 g/mol. The second-order valence-corrected chi connectivity index (χ2v) is 6.55. The second kappa shape index (κ2) is 12.0. The van der Waals surface area contributed by atoms with Gasteiger partial charge < -0.3 is 34.8 Å². The van der Waals surface area contributed by atoms with E-state index < -0.39 is 24.1 Å². The van der Waals surface area contributed by atoms with Gasteiger partial charge in [-0.3, -0.25) is 4.79 Å². The summed E-state index contributed by atoms with van der Waals surface area (Å²) in [6, 6.07) is 4.38. The quantitative estimate of drug-likeness (QED) is 0.235. The summed E-state index contributed by atoms with van der Waals surface area (Å²) in [6.07, 6.45) is 0.330. The number of phenolic OH excluding ortho intramolecular Hbond substituents is 2. The molecule has 9 heteroatoms. The van der Waals surface area contributed by atoms with Crippen LogP contribution in [0.3, 0.4) is 0 Å². The summed E-state index contributed by atoms with van der Waals surface area (Å²) in [5.41, 5.74) is -0.610. The maximum atomic E-state index is 12.3. The average molecular weight is 399 g/mol. The first-order valence-electron chi connectivity index (χ1n) is 9.09. The molecule has 0 aromatic heterocycles. The van der Waals surface area contributed by atoms with Crippen LogP contribution in [0.15, 0.2) is 18.2 Å². The number of aromatic hydroxyl groups is 2. The van der Waals surface area contributed by atoms with Crippen molar-refractivity contribution in [3.63, 3.8) is 0 Å². The van der Waals surface area contributed by atoms with Crippen LogP contribution in [0.5, 0.6) is 11.5 Å². The predicted octanol–water partition coefficient (Wildman–Crippen LogP) is 1.33. The van der Waals surface area contributed by atoms with Gasteiger partial charge in [0, 0.05) is 13.2 Å². The molecule has 0 spiro atoms. The third kappa shape index (κ3) is 8.01. The Kier molecular flexibility index (Phi) is 10.1. The molecule has 1 amide bonds. The van der Waals surface area contributed by atoms with Crippen molar-refractivity contribution >= 4 is 12.1 Å². The number of amides is 1. The van der Waals surface area contributed by atoms with Crippen LogP contribution in [0, 0.1) is 5.41 Å². The lowest BCUT2D eigenvalue weighted by molar-refractivity contribution is -0.135. The summed E-state index contributed by atoms with van der Waals surface area (Å²) in [4.78, 5) is 23.9. The van der Waals surface area contributed by atoms with Crippen LogP contribution in [-0.4, -0.2) is 67.0 Å². The van der Waals surface area contributed by atoms with Crippen LogP contribution in [-0.2, 0) is 25.4 Å². The molecule has 0 bridgehead atoms. The Morgan fingerprint density at radius 2 is 1.86 bits per heavy atom. The second-order valence-electron chi connectivity index (χ2n) is 6.55. The maximum absolute atomic E-state index is 12.3. The zero-order valence-corrected chi connectivity index (χ0v) is 16.3. The fourth-order valence-electron chi connectivity index (χ4n) is 2.13. The molecule has 28 heavy (non-hydrogen) atoms. The van der Waals surface area contributed by atoms with Crippen LogP contribution in [0.4, 0.5) is 4.79 Å². The number of carbonyl (C=O) groups is 2. The first kappa shape index (κ1) is 23.5. The van der Waals surface area contributed by atoms with Crippen molar-refractivity contribution in [2.75, 3.05) is 39.6 Å². The largest absolute Gasteiger partial charge is 0.508 e. The van der Waals surface area contributed by atoms with Gasteiger partial charge in [0.05, 0.1) is 13.2 Å². The Labute approximate surface area is 164 Å². The molecule has 1 aromatic rings. The Hall–Kier alpha value is -2.52. The lowest BCUT2D eigenvalue weighted by atomic mass is 9.91. The van der Waals surface area contributed by atoms with Gasteiger partial charge in [0.1, 0.15) is 18.6 Å². The van der Waals surface area contributed by atoms with Crippen molar-refractivity contribution in [1.29, 1.82) is 0 Å². The Morgan fingerprint density at radius 1 is 1.11 bits per heavy atom. The number of hydrogen-bond acceptors (Lipinski definition) is 8. The first-order chi connectivity index (χ1) is 13.3. The molecular formula is C19H29NO8. The van der Waals surface area contributed by atoms with Gasteiger partial charge in [-0.2, -0.15) is 0 Å². The van der Waals surface area contributed by atoms with E-state index in [9.17, 15) is 24.9 Å². The number of phenols is 2. The fourth-order valence-corrected chi connectivity index (χ4v) is 2.13. The van der Waals surface area contributed by atoms with Crippen molar-refractivity contribution in [3.05, 3.63) is 23.8 Å². The highest BCUT2D eigenvalue weighted by Crippen LogP contribution is 2.25. The Bertz CT molecular complexity index is 636. The number of ether oxygens (including phenoxy) is 3. The number of aliphatic hydroxyl groups is 1. The van der Waals surface area contributed by atoms with Crippen molar-refractivity contribution in [2.24, 2.45) is 5.41 Å². The predicted molar refractivity (Wildman–Crippen MR) is 100 cm³/mol. The van der Waals surface area contributed by atoms with Crippen LogP contribution < -0.4 is 5.32 Å². The molecule has 1 unspecified atom stereocenters. The number of nitrogens with one attached hydrogen (secondary N) is 1. The van der Waals surface area contributed by atoms with E-state index in [0.717, 1.165) is 6.42 Å². The summed E-state index contributed by atoms with van der Waals surface area (Å²) < 4.78 is 14.9. The standard InChI is InChI=1S/C19H29NO8/c1-3-8-26-9-10-27-18(25)28-13-19(2,12-21)17(24)20-7-6-14-4-5-15(22)16(23)11-14/h4-5,11,21-23H,3,6-10,12-13H2,1-2H3,(H,20,24). The SMILES string of the molecule is CCCOCCOC(=O)OCC(C)(CO)C(=O)NCCc1ccc(O)c(O)c1. The summed E-state index contributed by atoms with van der Waals surface area (Å²) in [7, 11) is 0. The molecule has 158 valence electrons. The number of hydrogen-bond donors (Lipinski definition) is 4. The first-order valence-corrected chi connectivity index (χ1v) is 9.09. The van der Waals surface area contributed by atoms with Gasteiger partial charge in [-0.1, -0.05) is 13.0 Å². The molecule has 1 aromatic carbocycles. The van der Waals surface area contributed by atoms with Gasteiger partial charge in [-0.15, -0.1) is 0 Å². The molecule has 4 N–H and O–H groups in total. The van der Waals surface area contributed by atoms with Gasteiger partial charge in [-0.05, 0) is 37.5 Å². The molecule has 1 atom stereocenters. The maximum Gasteiger partial charge on any atom is 0.508 e. The minimum Gasteiger partial charge on any atom is -0.504 e. The van der Waals surface area contributed by atoms with E-state index >= 15 is 0 Å². The molecule has 0 heterocycles. The summed E-state index contributed by atoms with van der Waals surface area (Å²) >= 11 is 0. The zero-order chi connectivity index (χ0) is 21.0. The molecule has 9 nitrogen and oxygen atoms in total. The van der Waals surface area contributed by atoms with E-state index in [4.69, 9.17) is 14.2 Å². The zero-order valence-electron chi connectivity index (χ0n) is 16.3. The average Bonchev–Trinajstić information content (AvgIpc) is 2.68. The van der Waals surface area contributed by atoms with Crippen molar-refractivity contribution < 1.29 is 39.1 Å². The summed E-state index contributed by atoms with van der Waals surface area (Å²) in [5, 5.41) is 31.0. The lowest BCUT2D eigenvalue weighted by Crippen LogP contribution is -2.45. The number of benzene rings is 1.